The summed E-state index contributed by atoms with van der Waals surface area (Å²) in [5.74, 6) is 0.725. The summed E-state index contributed by atoms with van der Waals surface area (Å²) < 4.78 is 7.54. The highest BCUT2D eigenvalue weighted by molar-refractivity contribution is 6.07. The summed E-state index contributed by atoms with van der Waals surface area (Å²) in [4.78, 5) is 16.9. The number of rotatable bonds is 3. The Morgan fingerprint density at radius 2 is 1.89 bits per heavy atom. The van der Waals surface area contributed by atoms with Crippen molar-refractivity contribution in [3.63, 3.8) is 0 Å². The largest absolute Gasteiger partial charge is 0.489 e. The van der Waals surface area contributed by atoms with Gasteiger partial charge in [-0.1, -0.05) is 12.1 Å². The number of hydrogen-bond acceptors (Lipinski definition) is 4. The molecule has 0 fully saturated rings. The first kappa shape index (κ1) is 17.1. The molecule has 138 valence electrons. The van der Waals surface area contributed by atoms with Gasteiger partial charge < -0.3 is 14.5 Å². The molecule has 0 spiro atoms. The molecule has 2 heterocycles. The van der Waals surface area contributed by atoms with Crippen molar-refractivity contribution in [1.29, 1.82) is 0 Å². The first-order chi connectivity index (χ1) is 13.0. The van der Waals surface area contributed by atoms with E-state index in [4.69, 9.17) is 4.74 Å². The Morgan fingerprint density at radius 3 is 2.56 bits per heavy atom. The van der Waals surface area contributed by atoms with Crippen molar-refractivity contribution >= 4 is 17.3 Å². The van der Waals surface area contributed by atoms with Crippen molar-refractivity contribution in [2.45, 2.75) is 0 Å². The minimum absolute atomic E-state index is 0.0186. The molecule has 0 radical (unpaired) electrons. The predicted octanol–water partition coefficient (Wildman–Crippen LogP) is 3.19. The molecule has 4 rings (SSSR count). The SMILES string of the molecule is CN(C)c1ccc2c(c1)OCCN2C(=O)c1ccc(-c2cnn(C)c2)cc1. The van der Waals surface area contributed by atoms with Gasteiger partial charge in [0.25, 0.3) is 5.91 Å². The molecule has 0 atom stereocenters. The first-order valence-electron chi connectivity index (χ1n) is 8.88. The van der Waals surface area contributed by atoms with Crippen LogP contribution in [0.1, 0.15) is 10.4 Å². The van der Waals surface area contributed by atoms with Crippen LogP contribution in [0.25, 0.3) is 11.1 Å². The number of carbonyl (C=O) groups is 1. The van der Waals surface area contributed by atoms with E-state index in [2.05, 4.69) is 5.10 Å². The topological polar surface area (TPSA) is 50.6 Å². The number of aryl methyl sites for hydroxylation is 1. The Bertz CT molecular complexity index is 976. The molecular weight excluding hydrogens is 340 g/mol. The van der Waals surface area contributed by atoms with Gasteiger partial charge in [-0.3, -0.25) is 9.48 Å². The molecule has 3 aromatic rings. The third kappa shape index (κ3) is 3.26. The number of amides is 1. The predicted molar refractivity (Wildman–Crippen MR) is 107 cm³/mol. The molecule has 2 aromatic carbocycles. The Balaban J connectivity index is 1.60. The minimum Gasteiger partial charge on any atom is -0.489 e. The molecule has 0 N–H and O–H groups in total. The summed E-state index contributed by atoms with van der Waals surface area (Å²) in [6, 6.07) is 13.6. The smallest absolute Gasteiger partial charge is 0.258 e. The first-order valence-corrected chi connectivity index (χ1v) is 8.88. The Morgan fingerprint density at radius 1 is 1.11 bits per heavy atom. The molecule has 27 heavy (non-hydrogen) atoms. The highest BCUT2D eigenvalue weighted by Crippen LogP contribution is 2.35. The Kier molecular flexibility index (Phi) is 4.32. The maximum atomic E-state index is 13.1. The van der Waals surface area contributed by atoms with Crippen molar-refractivity contribution < 1.29 is 9.53 Å². The summed E-state index contributed by atoms with van der Waals surface area (Å²) >= 11 is 0. The molecule has 6 nitrogen and oxygen atoms in total. The standard InChI is InChI=1S/C21H22N4O2/c1-23(2)18-8-9-19-20(12-18)27-11-10-25(19)21(26)16-6-4-15(5-7-16)17-13-22-24(3)14-17/h4-9,12-14H,10-11H2,1-3H3. The monoisotopic (exact) mass is 362 g/mol. The zero-order chi connectivity index (χ0) is 19.0. The van der Waals surface area contributed by atoms with Gasteiger partial charge in [-0.2, -0.15) is 5.10 Å². The molecule has 6 heteroatoms. The summed E-state index contributed by atoms with van der Waals surface area (Å²) in [5, 5.41) is 4.19. The number of ether oxygens (including phenoxy) is 1. The highest BCUT2D eigenvalue weighted by Gasteiger charge is 2.25. The van der Waals surface area contributed by atoms with Gasteiger partial charge in [0.05, 0.1) is 18.4 Å². The maximum absolute atomic E-state index is 13.1. The van der Waals surface area contributed by atoms with Gasteiger partial charge in [0.1, 0.15) is 12.4 Å². The van der Waals surface area contributed by atoms with Gasteiger partial charge in [0, 0.05) is 50.2 Å². The van der Waals surface area contributed by atoms with Crippen molar-refractivity contribution in [2.75, 3.05) is 37.0 Å². The van der Waals surface area contributed by atoms with Crippen LogP contribution in [-0.4, -0.2) is 42.9 Å². The number of hydrogen-bond donors (Lipinski definition) is 0. The van der Waals surface area contributed by atoms with Crippen molar-refractivity contribution in [1.82, 2.24) is 9.78 Å². The minimum atomic E-state index is -0.0186. The van der Waals surface area contributed by atoms with Crippen molar-refractivity contribution in [2.24, 2.45) is 7.05 Å². The molecule has 0 bridgehead atoms. The van der Waals surface area contributed by atoms with Crippen LogP contribution in [0, 0.1) is 0 Å². The van der Waals surface area contributed by atoms with Crippen LogP contribution < -0.4 is 14.5 Å². The molecule has 0 aliphatic carbocycles. The number of anilines is 2. The second-order valence-corrected chi connectivity index (χ2v) is 6.83. The third-order valence-electron chi connectivity index (χ3n) is 4.74. The van der Waals surface area contributed by atoms with Gasteiger partial charge in [-0.25, -0.2) is 0 Å². The fourth-order valence-electron chi connectivity index (χ4n) is 3.23. The molecular formula is C21H22N4O2. The van der Waals surface area contributed by atoms with E-state index in [0.29, 0.717) is 18.7 Å². The third-order valence-corrected chi connectivity index (χ3v) is 4.74. The van der Waals surface area contributed by atoms with E-state index < -0.39 is 0 Å². The van der Waals surface area contributed by atoms with E-state index in [1.165, 1.54) is 0 Å². The number of aromatic nitrogens is 2. The van der Waals surface area contributed by atoms with Gasteiger partial charge in [-0.15, -0.1) is 0 Å². The van der Waals surface area contributed by atoms with Gasteiger partial charge in [0.2, 0.25) is 0 Å². The van der Waals surface area contributed by atoms with E-state index in [1.807, 2.05) is 80.9 Å². The highest BCUT2D eigenvalue weighted by atomic mass is 16.5. The normalized spacial score (nSPS) is 13.1. The fourth-order valence-corrected chi connectivity index (χ4v) is 3.23. The van der Waals surface area contributed by atoms with E-state index in [1.54, 1.807) is 9.58 Å². The van der Waals surface area contributed by atoms with Crippen LogP contribution in [0.4, 0.5) is 11.4 Å². The van der Waals surface area contributed by atoms with Crippen LogP contribution in [0.5, 0.6) is 5.75 Å². The van der Waals surface area contributed by atoms with Crippen LogP contribution in [-0.2, 0) is 7.05 Å². The van der Waals surface area contributed by atoms with E-state index in [0.717, 1.165) is 28.3 Å². The molecule has 0 unspecified atom stereocenters. The molecule has 1 aliphatic rings. The fraction of sp³-hybridized carbons (Fsp3) is 0.238. The van der Waals surface area contributed by atoms with Crippen LogP contribution >= 0.6 is 0 Å². The molecule has 1 aromatic heterocycles. The Hall–Kier alpha value is -3.28. The van der Waals surface area contributed by atoms with E-state index in [9.17, 15) is 4.79 Å². The number of carbonyl (C=O) groups excluding carboxylic acids is 1. The van der Waals surface area contributed by atoms with Crippen LogP contribution in [0.15, 0.2) is 54.9 Å². The average molecular weight is 362 g/mol. The maximum Gasteiger partial charge on any atom is 0.258 e. The van der Waals surface area contributed by atoms with Gasteiger partial charge in [0.15, 0.2) is 0 Å². The molecule has 0 saturated heterocycles. The quantitative estimate of drug-likeness (QED) is 0.718. The zero-order valence-corrected chi connectivity index (χ0v) is 15.7. The summed E-state index contributed by atoms with van der Waals surface area (Å²) in [6.07, 6.45) is 3.77. The van der Waals surface area contributed by atoms with Crippen molar-refractivity contribution in [3.05, 3.63) is 60.4 Å². The Labute approximate surface area is 158 Å². The van der Waals surface area contributed by atoms with Crippen molar-refractivity contribution in [3.8, 4) is 16.9 Å². The summed E-state index contributed by atoms with van der Waals surface area (Å²) in [7, 11) is 5.85. The molecule has 0 saturated carbocycles. The second-order valence-electron chi connectivity index (χ2n) is 6.83. The number of fused-ring (bicyclic) bond motifs is 1. The van der Waals surface area contributed by atoms with E-state index in [-0.39, 0.29) is 5.91 Å². The average Bonchev–Trinajstić information content (AvgIpc) is 3.13. The molecule has 1 amide bonds. The van der Waals surface area contributed by atoms with Gasteiger partial charge in [-0.05, 0) is 29.8 Å². The second kappa shape index (κ2) is 6.79. The van der Waals surface area contributed by atoms with Crippen LogP contribution in [0.2, 0.25) is 0 Å². The lowest BCUT2D eigenvalue weighted by Gasteiger charge is -2.30. The lowest BCUT2D eigenvalue weighted by atomic mass is 10.1. The van der Waals surface area contributed by atoms with Crippen LogP contribution in [0.3, 0.4) is 0 Å². The zero-order valence-electron chi connectivity index (χ0n) is 15.7. The summed E-state index contributed by atoms with van der Waals surface area (Å²) in [6.45, 7) is 1.03. The number of nitrogens with zero attached hydrogens (tertiary/aromatic N) is 4. The molecule has 1 aliphatic heterocycles. The lowest BCUT2D eigenvalue weighted by Crippen LogP contribution is -2.38. The number of benzene rings is 2. The van der Waals surface area contributed by atoms with E-state index >= 15 is 0 Å². The summed E-state index contributed by atoms with van der Waals surface area (Å²) in [5.41, 5.74) is 4.59. The van der Waals surface area contributed by atoms with Gasteiger partial charge >= 0.3 is 0 Å². The lowest BCUT2D eigenvalue weighted by molar-refractivity contribution is 0.0976.